The first-order valence-corrected chi connectivity index (χ1v) is 7.55. The van der Waals surface area contributed by atoms with Crippen molar-refractivity contribution in [2.24, 2.45) is 11.7 Å². The van der Waals surface area contributed by atoms with Crippen LogP contribution in [0.2, 0.25) is 0 Å². The van der Waals surface area contributed by atoms with E-state index >= 15 is 0 Å². The number of hydrogen-bond acceptors (Lipinski definition) is 2. The second kappa shape index (κ2) is 6.06. The molecule has 1 atom stereocenters. The summed E-state index contributed by atoms with van der Waals surface area (Å²) in [4.78, 5) is 2.59. The van der Waals surface area contributed by atoms with Crippen molar-refractivity contribution in [2.45, 2.75) is 52.6 Å². The summed E-state index contributed by atoms with van der Waals surface area (Å²) in [5, 5.41) is 0. The first kappa shape index (κ1) is 14.5. The van der Waals surface area contributed by atoms with Crippen LogP contribution in [-0.4, -0.2) is 24.0 Å². The topological polar surface area (TPSA) is 29.3 Å². The van der Waals surface area contributed by atoms with Crippen molar-refractivity contribution >= 4 is 0 Å². The smallest absolute Gasteiger partial charge is 0.0473 e. The Labute approximate surface area is 118 Å². The highest BCUT2D eigenvalue weighted by Crippen LogP contribution is 2.34. The predicted molar refractivity (Wildman–Crippen MR) is 82.3 cm³/mol. The lowest BCUT2D eigenvalue weighted by molar-refractivity contribution is 0.149. The highest BCUT2D eigenvalue weighted by Gasteiger charge is 2.29. The van der Waals surface area contributed by atoms with Crippen LogP contribution in [0.1, 0.15) is 49.4 Å². The molecule has 2 heteroatoms. The summed E-state index contributed by atoms with van der Waals surface area (Å²) in [5.74, 6) is 0.905. The van der Waals surface area contributed by atoms with Gasteiger partial charge in [0.1, 0.15) is 0 Å². The molecule has 0 heterocycles. The van der Waals surface area contributed by atoms with E-state index in [4.69, 9.17) is 5.73 Å². The molecule has 0 spiro atoms. The average molecular weight is 260 g/mol. The second-order valence-electron chi connectivity index (χ2n) is 6.41. The highest BCUT2D eigenvalue weighted by atomic mass is 15.2. The first-order valence-electron chi connectivity index (χ1n) is 7.55. The fourth-order valence-electron chi connectivity index (χ4n) is 2.96. The molecule has 2 rings (SSSR count). The molecule has 0 radical (unpaired) electrons. The number of nitrogens with zero attached hydrogens (tertiary/aromatic N) is 1. The van der Waals surface area contributed by atoms with Crippen molar-refractivity contribution in [3.05, 3.63) is 34.9 Å². The largest absolute Gasteiger partial charge is 0.329 e. The molecule has 0 aromatic heterocycles. The molecule has 106 valence electrons. The van der Waals surface area contributed by atoms with Crippen molar-refractivity contribution < 1.29 is 0 Å². The van der Waals surface area contributed by atoms with Gasteiger partial charge in [-0.2, -0.15) is 0 Å². The van der Waals surface area contributed by atoms with Crippen molar-refractivity contribution in [1.82, 2.24) is 4.90 Å². The van der Waals surface area contributed by atoms with Crippen LogP contribution in [0, 0.1) is 19.8 Å². The summed E-state index contributed by atoms with van der Waals surface area (Å²) in [6.45, 7) is 10.8. The minimum atomic E-state index is 0.360. The summed E-state index contributed by atoms with van der Waals surface area (Å²) in [7, 11) is 0. The van der Waals surface area contributed by atoms with Crippen LogP contribution in [0.15, 0.2) is 18.2 Å². The van der Waals surface area contributed by atoms with Gasteiger partial charge in [0.05, 0.1) is 0 Å². The molecular formula is C17H28N2. The van der Waals surface area contributed by atoms with Gasteiger partial charge in [-0.25, -0.2) is 0 Å². The molecule has 2 nitrogen and oxygen atoms in total. The van der Waals surface area contributed by atoms with Gasteiger partial charge in [0.2, 0.25) is 0 Å². The lowest BCUT2D eigenvalue weighted by Gasteiger charge is -2.35. The molecule has 1 aromatic rings. The molecule has 0 amide bonds. The van der Waals surface area contributed by atoms with Crippen LogP contribution in [0.25, 0.3) is 0 Å². The summed E-state index contributed by atoms with van der Waals surface area (Å²) in [6, 6.07) is 7.74. The summed E-state index contributed by atoms with van der Waals surface area (Å²) >= 11 is 0. The van der Waals surface area contributed by atoms with Gasteiger partial charge in [0, 0.05) is 25.2 Å². The first-order chi connectivity index (χ1) is 9.01. The van der Waals surface area contributed by atoms with Crippen molar-refractivity contribution in [3.63, 3.8) is 0 Å². The highest BCUT2D eigenvalue weighted by molar-refractivity contribution is 5.31. The van der Waals surface area contributed by atoms with Gasteiger partial charge in [-0.1, -0.05) is 29.3 Å². The Hall–Kier alpha value is -0.860. The lowest BCUT2D eigenvalue weighted by atomic mass is 9.99. The van der Waals surface area contributed by atoms with E-state index in [-0.39, 0.29) is 0 Å². The van der Waals surface area contributed by atoms with Gasteiger partial charge >= 0.3 is 0 Å². The van der Waals surface area contributed by atoms with Gasteiger partial charge in [0.15, 0.2) is 0 Å². The summed E-state index contributed by atoms with van der Waals surface area (Å²) in [6.07, 6.45) is 2.79. The maximum atomic E-state index is 6.10. The molecular weight excluding hydrogens is 232 g/mol. The number of nitrogens with two attached hydrogens (primary N) is 1. The third-order valence-corrected chi connectivity index (χ3v) is 4.08. The molecule has 19 heavy (non-hydrogen) atoms. The van der Waals surface area contributed by atoms with Crippen LogP contribution in [0.5, 0.6) is 0 Å². The molecule has 0 bridgehead atoms. The lowest BCUT2D eigenvalue weighted by Crippen LogP contribution is -2.40. The zero-order valence-corrected chi connectivity index (χ0v) is 12.8. The van der Waals surface area contributed by atoms with Gasteiger partial charge in [-0.3, -0.25) is 4.90 Å². The minimum Gasteiger partial charge on any atom is -0.329 e. The Morgan fingerprint density at radius 1 is 1.16 bits per heavy atom. The van der Waals surface area contributed by atoms with E-state index in [0.29, 0.717) is 18.6 Å². The predicted octanol–water partition coefficient (Wildman–Crippen LogP) is 3.42. The molecule has 2 N–H and O–H groups in total. The average Bonchev–Trinajstić information content (AvgIpc) is 3.11. The summed E-state index contributed by atoms with van der Waals surface area (Å²) < 4.78 is 0. The van der Waals surface area contributed by atoms with E-state index in [1.165, 1.54) is 36.1 Å². The van der Waals surface area contributed by atoms with E-state index in [0.717, 1.165) is 5.92 Å². The molecule has 0 aliphatic heterocycles. The van der Waals surface area contributed by atoms with E-state index in [1.54, 1.807) is 0 Å². The number of benzene rings is 1. The van der Waals surface area contributed by atoms with Crippen molar-refractivity contribution in [1.29, 1.82) is 0 Å². The minimum absolute atomic E-state index is 0.360. The van der Waals surface area contributed by atoms with Crippen LogP contribution in [0.3, 0.4) is 0 Å². The fraction of sp³-hybridized carbons (Fsp3) is 0.647. The third kappa shape index (κ3) is 3.80. The van der Waals surface area contributed by atoms with Crippen molar-refractivity contribution in [2.75, 3.05) is 13.1 Å². The van der Waals surface area contributed by atoms with E-state index < -0.39 is 0 Å². The molecule has 1 fully saturated rings. The number of rotatable bonds is 6. The molecule has 1 aliphatic carbocycles. The number of aryl methyl sites for hydroxylation is 2. The van der Waals surface area contributed by atoms with Crippen LogP contribution in [-0.2, 0) is 0 Å². The normalized spacial score (nSPS) is 17.2. The van der Waals surface area contributed by atoms with E-state index in [1.807, 2.05) is 0 Å². The Kier molecular flexibility index (Phi) is 4.64. The van der Waals surface area contributed by atoms with Crippen LogP contribution < -0.4 is 5.73 Å². The zero-order chi connectivity index (χ0) is 14.0. The zero-order valence-electron chi connectivity index (χ0n) is 12.8. The second-order valence-corrected chi connectivity index (χ2v) is 6.41. The Balaban J connectivity index is 2.24. The van der Waals surface area contributed by atoms with Gasteiger partial charge < -0.3 is 5.73 Å². The Morgan fingerprint density at radius 3 is 2.16 bits per heavy atom. The fourth-order valence-corrected chi connectivity index (χ4v) is 2.96. The van der Waals surface area contributed by atoms with Gasteiger partial charge in [0.25, 0.3) is 0 Å². The molecule has 1 unspecified atom stereocenters. The molecule has 1 saturated carbocycles. The molecule has 1 aliphatic rings. The molecule has 1 aromatic carbocycles. The van der Waals surface area contributed by atoms with E-state index in [2.05, 4.69) is 50.8 Å². The SMILES string of the molecule is Cc1cc(C)cc(C(CN)N(CC2CC2)C(C)C)c1. The van der Waals surface area contributed by atoms with Crippen LogP contribution in [0.4, 0.5) is 0 Å². The monoisotopic (exact) mass is 260 g/mol. The standard InChI is InChI=1S/C17H28N2/c1-12(2)19(11-15-5-6-15)17(10-18)16-8-13(3)7-14(4)9-16/h7-9,12,15,17H,5-6,10-11,18H2,1-4H3. The molecule has 0 saturated heterocycles. The number of hydrogen-bond donors (Lipinski definition) is 1. The summed E-state index contributed by atoms with van der Waals surface area (Å²) in [5.41, 5.74) is 10.2. The van der Waals surface area contributed by atoms with Gasteiger partial charge in [-0.05, 0) is 52.0 Å². The van der Waals surface area contributed by atoms with Gasteiger partial charge in [-0.15, -0.1) is 0 Å². The maximum absolute atomic E-state index is 6.10. The Bertz CT molecular complexity index is 401. The Morgan fingerprint density at radius 2 is 1.74 bits per heavy atom. The van der Waals surface area contributed by atoms with E-state index in [9.17, 15) is 0 Å². The van der Waals surface area contributed by atoms with Crippen molar-refractivity contribution in [3.8, 4) is 0 Å². The maximum Gasteiger partial charge on any atom is 0.0473 e. The quantitative estimate of drug-likeness (QED) is 0.849. The third-order valence-electron chi connectivity index (χ3n) is 4.08. The van der Waals surface area contributed by atoms with Crippen LogP contribution >= 0.6 is 0 Å².